The number of carbonyl (C=O) groups is 1. The Morgan fingerprint density at radius 2 is 1.70 bits per heavy atom. The zero-order valence-electron chi connectivity index (χ0n) is 34.1. The van der Waals surface area contributed by atoms with E-state index in [0.717, 1.165) is 55.5 Å². The van der Waals surface area contributed by atoms with Crippen molar-refractivity contribution in [1.82, 2.24) is 4.90 Å². The fraction of sp³-hybridized carbons (Fsp3) is 0.404. The lowest BCUT2D eigenvalue weighted by Gasteiger charge is -2.36. The van der Waals surface area contributed by atoms with Crippen LogP contribution in [0.2, 0.25) is 0 Å². The molecule has 292 valence electrons. The second-order valence-corrected chi connectivity index (χ2v) is 17.1. The van der Waals surface area contributed by atoms with Crippen molar-refractivity contribution in [2.24, 2.45) is 16.7 Å². The zero-order chi connectivity index (χ0) is 41.4. The monoisotopic (exact) mass is 770 g/mol. The van der Waals surface area contributed by atoms with Crippen LogP contribution < -0.4 is 11.1 Å². The van der Waals surface area contributed by atoms with Crippen molar-refractivity contribution in [2.45, 2.75) is 99.5 Å². The van der Waals surface area contributed by atoms with Crippen LogP contribution in [0.25, 0.3) is 0 Å². The first-order chi connectivity index (χ1) is 26.4. The van der Waals surface area contributed by atoms with Crippen molar-refractivity contribution in [3.63, 3.8) is 0 Å². The number of ether oxygens (including phenoxy) is 1. The van der Waals surface area contributed by atoms with Gasteiger partial charge in [-0.1, -0.05) is 95.7 Å². The summed E-state index contributed by atoms with van der Waals surface area (Å²) < 4.78 is 5.99. The smallest absolute Gasteiger partial charge is 0.224 e. The van der Waals surface area contributed by atoms with E-state index in [2.05, 4.69) is 82.6 Å². The lowest BCUT2D eigenvalue weighted by atomic mass is 9.70. The average Bonchev–Trinajstić information content (AvgIpc) is 3.49. The molecule has 1 aromatic carbocycles. The van der Waals surface area contributed by atoms with Gasteiger partial charge >= 0.3 is 0 Å². The van der Waals surface area contributed by atoms with E-state index in [1.165, 1.54) is 17.0 Å². The predicted molar refractivity (Wildman–Crippen MR) is 227 cm³/mol. The lowest BCUT2D eigenvalue weighted by molar-refractivity contribution is -0.116. The minimum atomic E-state index is -0.922. The van der Waals surface area contributed by atoms with Crippen LogP contribution in [0.15, 0.2) is 129 Å². The van der Waals surface area contributed by atoms with Gasteiger partial charge < -0.3 is 20.7 Å². The highest BCUT2D eigenvalue weighted by Gasteiger charge is 2.40. The van der Waals surface area contributed by atoms with Gasteiger partial charge in [-0.05, 0) is 105 Å². The summed E-state index contributed by atoms with van der Waals surface area (Å²) in [6, 6.07) is 13.0. The Labute approximate surface area is 339 Å². The number of nitriles is 3. The number of anilines is 2. The highest BCUT2D eigenvalue weighted by molar-refractivity contribution is 6.32. The first kappa shape index (κ1) is 43.2. The summed E-state index contributed by atoms with van der Waals surface area (Å²) in [5, 5.41) is 32.7. The number of rotatable bonds is 12. The minimum Gasteiger partial charge on any atom is -0.480 e. The van der Waals surface area contributed by atoms with Crippen molar-refractivity contribution in [3.05, 3.63) is 129 Å². The van der Waals surface area contributed by atoms with Gasteiger partial charge in [-0.25, -0.2) is 0 Å². The summed E-state index contributed by atoms with van der Waals surface area (Å²) in [6.45, 7) is 21.7. The van der Waals surface area contributed by atoms with E-state index in [9.17, 15) is 20.6 Å². The van der Waals surface area contributed by atoms with Crippen LogP contribution >= 0.6 is 11.6 Å². The van der Waals surface area contributed by atoms with Crippen molar-refractivity contribution < 1.29 is 9.53 Å². The maximum atomic E-state index is 12.6. The van der Waals surface area contributed by atoms with E-state index in [-0.39, 0.29) is 33.6 Å². The van der Waals surface area contributed by atoms with Gasteiger partial charge in [-0.15, -0.1) is 0 Å². The number of halogens is 1. The second-order valence-electron chi connectivity index (χ2n) is 16.7. The molecule has 0 saturated heterocycles. The molecule has 9 heteroatoms. The molecule has 0 spiro atoms. The Balaban J connectivity index is 1.65. The van der Waals surface area contributed by atoms with Gasteiger partial charge in [-0.2, -0.15) is 15.8 Å². The predicted octanol–water partition coefficient (Wildman–Crippen LogP) is 11.4. The Bertz CT molecular complexity index is 2090. The molecule has 1 aromatic rings. The maximum absolute atomic E-state index is 12.6. The molecule has 8 nitrogen and oxygen atoms in total. The Morgan fingerprint density at radius 3 is 2.30 bits per heavy atom. The minimum absolute atomic E-state index is 0.00589. The summed E-state index contributed by atoms with van der Waals surface area (Å²) in [7, 11) is 0. The normalized spacial score (nSPS) is 20.9. The second kappa shape index (κ2) is 18.0. The van der Waals surface area contributed by atoms with Crippen LogP contribution in [0.1, 0.15) is 93.9 Å². The molecule has 1 atom stereocenters. The first-order valence-corrected chi connectivity index (χ1v) is 19.6. The van der Waals surface area contributed by atoms with Gasteiger partial charge in [0.15, 0.2) is 11.3 Å². The van der Waals surface area contributed by atoms with E-state index >= 15 is 0 Å². The fourth-order valence-corrected chi connectivity index (χ4v) is 7.86. The van der Waals surface area contributed by atoms with Gasteiger partial charge in [0.25, 0.3) is 0 Å². The van der Waals surface area contributed by atoms with Gasteiger partial charge in [0.05, 0.1) is 0 Å². The molecule has 1 amide bonds. The third-order valence-corrected chi connectivity index (χ3v) is 11.4. The van der Waals surface area contributed by atoms with Crippen molar-refractivity contribution in [3.8, 4) is 18.2 Å². The van der Waals surface area contributed by atoms with E-state index in [0.29, 0.717) is 28.6 Å². The topological polar surface area (TPSA) is 139 Å². The van der Waals surface area contributed by atoms with E-state index in [1.54, 1.807) is 18.2 Å². The molecule has 4 rings (SSSR count). The fourth-order valence-electron chi connectivity index (χ4n) is 7.58. The summed E-state index contributed by atoms with van der Waals surface area (Å²) in [5.41, 5.74) is 12.1. The molecule has 56 heavy (non-hydrogen) atoms. The number of nitrogen functional groups attached to an aromatic ring is 1. The van der Waals surface area contributed by atoms with Crippen LogP contribution in [0.4, 0.5) is 11.4 Å². The number of allylic oxidation sites excluding steroid dienone is 13. The number of nitrogens with zero attached hydrogens (tertiary/aromatic N) is 4. The molecule has 1 aliphatic carbocycles. The van der Waals surface area contributed by atoms with Gasteiger partial charge in [0, 0.05) is 51.8 Å². The number of unbranched alkanes of at least 4 members (excludes halogenated alkanes) is 2. The van der Waals surface area contributed by atoms with E-state index in [4.69, 9.17) is 22.1 Å². The summed E-state index contributed by atoms with van der Waals surface area (Å²) in [6.07, 6.45) is 18.7. The van der Waals surface area contributed by atoms with Gasteiger partial charge in [0.1, 0.15) is 29.4 Å². The molecule has 0 radical (unpaired) electrons. The summed E-state index contributed by atoms with van der Waals surface area (Å²) in [5.74, 6) is 0.302. The van der Waals surface area contributed by atoms with Crippen LogP contribution in [0, 0.1) is 50.7 Å². The number of nitrogens with two attached hydrogens (primary N) is 1. The van der Waals surface area contributed by atoms with Crippen LogP contribution in [0.5, 0.6) is 0 Å². The largest absolute Gasteiger partial charge is 0.480 e. The standard InChI is InChI=1S/C47H55ClN6O2/c1-10-11-15-39-31(2)54(25-14-12-13-16-42(55)53-37-21-19-36(52)20-22-37)41(46(39,6)7)24-18-33-27-35(45(3,4)5)26-32(43(33)48)17-23-40-38(30-51)44(34(28-49)29-50)56-47(40,8)9/h10-11,15,17-24,35H,1,12-14,16,25-27,52H2,2-9H3,(H,53,55)/b15-11-,23-17+,33-18+,41-24+. The number of hydrogen-bond donors (Lipinski definition) is 2. The first-order valence-electron chi connectivity index (χ1n) is 19.2. The summed E-state index contributed by atoms with van der Waals surface area (Å²) >= 11 is 7.27. The molecule has 0 fully saturated rings. The van der Waals surface area contributed by atoms with E-state index in [1.807, 2.05) is 56.3 Å². The SMILES string of the molecule is C=C/C=C\C1=C(C)N(CCCCCC(=O)Nc2ccc(N)cc2)/C(=C/C=C2\CC(C(C)(C)C)CC(/C=C/C3=C(C#N)C(=C(C#N)C#N)OC3(C)C)=C2Cl)C1(C)C. The van der Waals surface area contributed by atoms with Crippen molar-refractivity contribution in [1.29, 1.82) is 15.8 Å². The third kappa shape index (κ3) is 9.84. The Kier molecular flexibility index (Phi) is 13.9. The zero-order valence-corrected chi connectivity index (χ0v) is 34.9. The number of benzene rings is 1. The highest BCUT2D eigenvalue weighted by atomic mass is 35.5. The van der Waals surface area contributed by atoms with Gasteiger partial charge in [0.2, 0.25) is 5.91 Å². The quantitative estimate of drug-likeness (QED) is 0.0933. The van der Waals surface area contributed by atoms with Crippen LogP contribution in [-0.4, -0.2) is 23.0 Å². The molecule has 2 heterocycles. The molecule has 3 aliphatic rings. The van der Waals surface area contributed by atoms with Gasteiger partial charge in [-0.3, -0.25) is 4.79 Å². The third-order valence-electron chi connectivity index (χ3n) is 11.0. The Hall–Kier alpha value is -5.49. The molecule has 0 aromatic heterocycles. The number of nitrogens with one attached hydrogen (secondary N) is 1. The number of carbonyl (C=O) groups excluding carboxylic acids is 1. The van der Waals surface area contributed by atoms with Crippen molar-refractivity contribution >= 4 is 28.9 Å². The molecular formula is C47H55ClN6O2. The average molecular weight is 771 g/mol. The molecule has 3 N–H and O–H groups in total. The molecule has 2 aliphatic heterocycles. The lowest BCUT2D eigenvalue weighted by Crippen LogP contribution is -2.25. The molecule has 0 saturated carbocycles. The highest BCUT2D eigenvalue weighted by Crippen LogP contribution is 2.49. The van der Waals surface area contributed by atoms with Crippen molar-refractivity contribution in [2.75, 3.05) is 17.6 Å². The number of amides is 1. The maximum Gasteiger partial charge on any atom is 0.224 e. The van der Waals surface area contributed by atoms with Crippen LogP contribution in [-0.2, 0) is 9.53 Å². The van der Waals surface area contributed by atoms with Crippen LogP contribution in [0.3, 0.4) is 0 Å². The van der Waals surface area contributed by atoms with E-state index < -0.39 is 5.60 Å². The molecule has 1 unspecified atom stereocenters. The molecular weight excluding hydrogens is 716 g/mol. The summed E-state index contributed by atoms with van der Waals surface area (Å²) in [4.78, 5) is 15.0. The Morgan fingerprint density at radius 1 is 1.02 bits per heavy atom. The number of hydrogen-bond acceptors (Lipinski definition) is 7. The molecule has 0 bridgehead atoms.